The molecule has 6 heteroatoms. The number of benzene rings is 2. The smallest absolute Gasteiger partial charge is 0.169 e. The number of aromatic nitrogens is 1. The monoisotopic (exact) mass is 501 g/mol. The van der Waals surface area contributed by atoms with Crippen molar-refractivity contribution >= 4 is 39.8 Å². The number of pyridine rings is 1. The van der Waals surface area contributed by atoms with E-state index in [1.165, 1.54) is 0 Å². The Morgan fingerprint density at radius 1 is 1.08 bits per heavy atom. The number of halogens is 1. The Morgan fingerprint density at radius 2 is 1.83 bits per heavy atom. The number of hydrogen-bond donors (Lipinski definition) is 0. The number of carbonyl (C=O) groups excluding carboxylic acids is 2. The molecule has 2 aliphatic carbocycles. The van der Waals surface area contributed by atoms with Crippen LogP contribution < -0.4 is 4.90 Å². The maximum atomic E-state index is 13.4. The second kappa shape index (κ2) is 8.97. The number of aryl methyl sites for hydroxylation is 1. The maximum absolute atomic E-state index is 13.4. The molecule has 3 aromatic rings. The number of fused-ring (bicyclic) bond motifs is 3. The standard InChI is InChI=1S/C30H32ClN3O2/c1-17-4-5-20(12-26(17)31)19-8-9-27-24(11-19)29(25(14-32-27)30(36)18-6-7-18)34-15-21-10-22(34)13-23(21)28(35)16-33(2)3/h4-5,8-9,11-12,14,18,21-23H,6-7,10,13,15-16H2,1-3H3. The highest BCUT2D eigenvalue weighted by atomic mass is 35.5. The van der Waals surface area contributed by atoms with Crippen LogP contribution >= 0.6 is 11.6 Å². The van der Waals surface area contributed by atoms with Gasteiger partial charge in [0.1, 0.15) is 5.78 Å². The fourth-order valence-electron chi connectivity index (χ4n) is 6.24. The number of rotatable bonds is 7. The SMILES string of the molecule is Cc1ccc(-c2ccc3ncc(C(=O)C4CC4)c(N4CC5CC4CC5C(=O)CN(C)C)c3c2)cc1Cl. The highest BCUT2D eigenvalue weighted by Gasteiger charge is 2.48. The number of piperidine rings is 1. The van der Waals surface area contributed by atoms with Gasteiger partial charge in [-0.25, -0.2) is 0 Å². The molecule has 6 rings (SSSR count). The number of likely N-dealkylation sites (N-methyl/N-ethyl adjacent to an activating group) is 1. The van der Waals surface area contributed by atoms with Gasteiger partial charge in [0.25, 0.3) is 0 Å². The average Bonchev–Trinajstić information content (AvgIpc) is 3.52. The Balaban J connectivity index is 1.43. The van der Waals surface area contributed by atoms with Crippen molar-refractivity contribution in [3.63, 3.8) is 0 Å². The van der Waals surface area contributed by atoms with E-state index in [2.05, 4.69) is 23.1 Å². The molecule has 2 bridgehead atoms. The van der Waals surface area contributed by atoms with Gasteiger partial charge in [0.15, 0.2) is 5.78 Å². The number of carbonyl (C=O) groups is 2. The van der Waals surface area contributed by atoms with Crippen molar-refractivity contribution in [1.29, 1.82) is 0 Å². The van der Waals surface area contributed by atoms with Crippen LogP contribution in [0, 0.1) is 24.7 Å². The molecule has 0 N–H and O–H groups in total. The Kier molecular flexibility index (Phi) is 5.88. The van der Waals surface area contributed by atoms with E-state index in [9.17, 15) is 9.59 Å². The summed E-state index contributed by atoms with van der Waals surface area (Å²) in [6.07, 6.45) is 5.60. The fourth-order valence-corrected chi connectivity index (χ4v) is 6.42. The van der Waals surface area contributed by atoms with Crippen LogP contribution in [-0.4, -0.2) is 54.7 Å². The third kappa shape index (κ3) is 4.12. The quantitative estimate of drug-likeness (QED) is 0.383. The van der Waals surface area contributed by atoms with Crippen molar-refractivity contribution in [3.8, 4) is 11.1 Å². The molecule has 0 amide bonds. The summed E-state index contributed by atoms with van der Waals surface area (Å²) in [4.78, 5) is 35.4. The van der Waals surface area contributed by atoms with Gasteiger partial charge in [0.2, 0.25) is 0 Å². The van der Waals surface area contributed by atoms with E-state index in [4.69, 9.17) is 16.6 Å². The van der Waals surface area contributed by atoms with Crippen LogP contribution in [0.25, 0.3) is 22.0 Å². The van der Waals surface area contributed by atoms with Crippen LogP contribution in [0.2, 0.25) is 5.02 Å². The molecule has 36 heavy (non-hydrogen) atoms. The molecule has 2 saturated carbocycles. The van der Waals surface area contributed by atoms with E-state index >= 15 is 0 Å². The van der Waals surface area contributed by atoms with Crippen LogP contribution in [0.4, 0.5) is 5.69 Å². The molecule has 3 atom stereocenters. The second-order valence-corrected chi connectivity index (χ2v) is 11.6. The molecule has 3 aliphatic rings. The summed E-state index contributed by atoms with van der Waals surface area (Å²) >= 11 is 6.44. The lowest BCUT2D eigenvalue weighted by Crippen LogP contribution is -2.40. The predicted molar refractivity (Wildman–Crippen MR) is 145 cm³/mol. The van der Waals surface area contributed by atoms with Gasteiger partial charge in [-0.3, -0.25) is 14.6 Å². The fraction of sp³-hybridized carbons (Fsp3) is 0.433. The zero-order valence-electron chi connectivity index (χ0n) is 21.1. The van der Waals surface area contributed by atoms with Gasteiger partial charge < -0.3 is 9.80 Å². The summed E-state index contributed by atoms with van der Waals surface area (Å²) in [6, 6.07) is 12.7. The molecule has 5 nitrogen and oxygen atoms in total. The summed E-state index contributed by atoms with van der Waals surface area (Å²) in [5.41, 5.74) is 5.81. The zero-order chi connectivity index (χ0) is 25.1. The number of anilines is 1. The molecule has 1 aromatic heterocycles. The molecular weight excluding hydrogens is 470 g/mol. The van der Waals surface area contributed by atoms with Gasteiger partial charge in [0.05, 0.1) is 23.3 Å². The minimum atomic E-state index is 0.120. The molecule has 0 radical (unpaired) electrons. The Labute approximate surface area is 217 Å². The zero-order valence-corrected chi connectivity index (χ0v) is 21.9. The highest BCUT2D eigenvalue weighted by Crippen LogP contribution is 2.48. The van der Waals surface area contributed by atoms with Gasteiger partial charge in [-0.05, 0) is 87.5 Å². The van der Waals surface area contributed by atoms with Crippen LogP contribution in [0.3, 0.4) is 0 Å². The van der Waals surface area contributed by atoms with E-state index in [-0.39, 0.29) is 23.7 Å². The molecule has 2 aromatic carbocycles. The number of Topliss-reactive ketones (excluding diaryl/α,β-unsaturated/α-hetero) is 2. The minimum absolute atomic E-state index is 0.120. The highest BCUT2D eigenvalue weighted by molar-refractivity contribution is 6.31. The molecule has 2 heterocycles. The molecule has 1 aliphatic heterocycles. The van der Waals surface area contributed by atoms with Gasteiger partial charge in [0, 0.05) is 41.0 Å². The van der Waals surface area contributed by atoms with Crippen LogP contribution in [0.1, 0.15) is 41.6 Å². The van der Waals surface area contributed by atoms with E-state index in [1.54, 1.807) is 6.20 Å². The van der Waals surface area contributed by atoms with Gasteiger partial charge >= 0.3 is 0 Å². The van der Waals surface area contributed by atoms with Crippen molar-refractivity contribution in [3.05, 3.63) is 58.7 Å². The summed E-state index contributed by atoms with van der Waals surface area (Å²) in [5, 5.41) is 1.76. The first-order chi connectivity index (χ1) is 17.3. The first kappa shape index (κ1) is 23.6. The topological polar surface area (TPSA) is 53.5 Å². The second-order valence-electron chi connectivity index (χ2n) is 11.2. The lowest BCUT2D eigenvalue weighted by molar-refractivity contribution is -0.124. The van der Waals surface area contributed by atoms with Crippen molar-refractivity contribution in [2.75, 3.05) is 32.1 Å². The average molecular weight is 502 g/mol. The maximum Gasteiger partial charge on any atom is 0.169 e. The predicted octanol–water partition coefficient (Wildman–Crippen LogP) is 5.80. The third-order valence-corrected chi connectivity index (χ3v) is 8.68. The lowest BCUT2D eigenvalue weighted by Gasteiger charge is -2.35. The van der Waals surface area contributed by atoms with Crippen molar-refractivity contribution in [2.45, 2.75) is 38.6 Å². The Morgan fingerprint density at radius 3 is 2.50 bits per heavy atom. The van der Waals surface area contributed by atoms with Crippen molar-refractivity contribution in [1.82, 2.24) is 9.88 Å². The third-order valence-electron chi connectivity index (χ3n) is 8.27. The summed E-state index contributed by atoms with van der Waals surface area (Å²) in [5.74, 6) is 1.14. The first-order valence-electron chi connectivity index (χ1n) is 13.0. The van der Waals surface area contributed by atoms with E-state index in [0.717, 1.165) is 76.1 Å². The number of hydrogen-bond acceptors (Lipinski definition) is 5. The van der Waals surface area contributed by atoms with Gasteiger partial charge in [-0.2, -0.15) is 0 Å². The summed E-state index contributed by atoms with van der Waals surface area (Å²) in [7, 11) is 3.91. The lowest BCUT2D eigenvalue weighted by atomic mass is 9.89. The van der Waals surface area contributed by atoms with Crippen LogP contribution in [-0.2, 0) is 4.79 Å². The molecule has 3 unspecified atom stereocenters. The van der Waals surface area contributed by atoms with Crippen molar-refractivity contribution < 1.29 is 9.59 Å². The molecule has 186 valence electrons. The number of nitrogens with zero attached hydrogens (tertiary/aromatic N) is 3. The Bertz CT molecular complexity index is 1380. The van der Waals surface area contributed by atoms with Crippen LogP contribution in [0.5, 0.6) is 0 Å². The molecule has 0 spiro atoms. The summed E-state index contributed by atoms with van der Waals surface area (Å²) < 4.78 is 0. The molecule has 3 fully saturated rings. The van der Waals surface area contributed by atoms with Gasteiger partial charge in [-0.1, -0.05) is 29.8 Å². The van der Waals surface area contributed by atoms with E-state index in [0.29, 0.717) is 18.2 Å². The van der Waals surface area contributed by atoms with E-state index in [1.807, 2.05) is 44.1 Å². The molecule has 1 saturated heterocycles. The van der Waals surface area contributed by atoms with Crippen LogP contribution in [0.15, 0.2) is 42.6 Å². The number of ketones is 2. The normalized spacial score (nSPS) is 23.1. The van der Waals surface area contributed by atoms with E-state index < -0.39 is 0 Å². The summed E-state index contributed by atoms with van der Waals surface area (Å²) in [6.45, 7) is 3.32. The largest absolute Gasteiger partial charge is 0.367 e. The minimum Gasteiger partial charge on any atom is -0.367 e. The first-order valence-corrected chi connectivity index (χ1v) is 13.4. The van der Waals surface area contributed by atoms with Crippen molar-refractivity contribution in [2.24, 2.45) is 17.8 Å². The molecular formula is C30H32ClN3O2. The van der Waals surface area contributed by atoms with Gasteiger partial charge in [-0.15, -0.1) is 0 Å². The Hall–Kier alpha value is -2.76.